The Morgan fingerprint density at radius 2 is 2.55 bits per heavy atom. The van der Waals surface area contributed by atoms with Crippen LogP contribution < -0.4 is 5.73 Å². The highest BCUT2D eigenvalue weighted by atomic mass is 16.5. The number of carbonyl (C=O) groups is 1. The van der Waals surface area contributed by atoms with Crippen molar-refractivity contribution in [1.82, 2.24) is 5.16 Å². The molecular formula is C7H10N2O2. The van der Waals surface area contributed by atoms with Crippen molar-refractivity contribution in [2.24, 2.45) is 5.73 Å². The zero-order valence-electron chi connectivity index (χ0n) is 6.33. The summed E-state index contributed by atoms with van der Waals surface area (Å²) < 4.78 is 4.72. The van der Waals surface area contributed by atoms with Crippen molar-refractivity contribution in [3.8, 4) is 0 Å². The zero-order valence-corrected chi connectivity index (χ0v) is 6.33. The van der Waals surface area contributed by atoms with E-state index >= 15 is 0 Å². The highest BCUT2D eigenvalue weighted by Crippen LogP contribution is 2.03. The van der Waals surface area contributed by atoms with Gasteiger partial charge in [0.15, 0.2) is 5.78 Å². The lowest BCUT2D eigenvalue weighted by atomic mass is 10.2. The number of Topliss-reactive ketones (excluding diaryl/α,β-unsaturated/α-hetero) is 1. The molecule has 4 nitrogen and oxygen atoms in total. The Morgan fingerprint density at radius 1 is 1.82 bits per heavy atom. The van der Waals surface area contributed by atoms with Crippen molar-refractivity contribution in [1.29, 1.82) is 0 Å². The number of carbonyl (C=O) groups excluding carboxylic acids is 1. The van der Waals surface area contributed by atoms with E-state index in [2.05, 4.69) is 5.16 Å². The smallest absolute Gasteiger partial charge is 0.202 e. The number of aromatic nitrogens is 1. The Morgan fingerprint density at radius 3 is 3.00 bits per heavy atom. The molecule has 1 aromatic heterocycles. The first-order valence-electron chi connectivity index (χ1n) is 3.40. The van der Waals surface area contributed by atoms with Gasteiger partial charge in [-0.2, -0.15) is 0 Å². The van der Waals surface area contributed by atoms with Gasteiger partial charge in [0, 0.05) is 19.4 Å². The first-order chi connectivity index (χ1) is 5.24. The molecule has 0 aliphatic carbocycles. The lowest BCUT2D eigenvalue weighted by Gasteiger charge is -1.83. The minimum absolute atomic E-state index is 0.110. The van der Waals surface area contributed by atoms with Gasteiger partial charge in [-0.05, 0) is 6.54 Å². The molecule has 0 fully saturated rings. The van der Waals surface area contributed by atoms with Crippen molar-refractivity contribution in [3.63, 3.8) is 0 Å². The van der Waals surface area contributed by atoms with Gasteiger partial charge in [0.05, 0.1) is 5.69 Å². The van der Waals surface area contributed by atoms with E-state index in [-0.39, 0.29) is 5.78 Å². The van der Waals surface area contributed by atoms with Crippen molar-refractivity contribution >= 4 is 5.78 Å². The molecular weight excluding hydrogens is 144 g/mol. The maximum absolute atomic E-state index is 10.7. The van der Waals surface area contributed by atoms with Crippen molar-refractivity contribution in [2.75, 3.05) is 6.54 Å². The lowest BCUT2D eigenvalue weighted by Crippen LogP contribution is -2.02. The number of hydrogen-bond acceptors (Lipinski definition) is 4. The number of nitrogens with two attached hydrogens (primary N) is 1. The van der Waals surface area contributed by atoms with Gasteiger partial charge in [0.25, 0.3) is 0 Å². The fourth-order valence-corrected chi connectivity index (χ4v) is 0.743. The van der Waals surface area contributed by atoms with E-state index in [9.17, 15) is 4.79 Å². The van der Waals surface area contributed by atoms with Crippen LogP contribution in [-0.4, -0.2) is 17.5 Å². The van der Waals surface area contributed by atoms with E-state index in [1.165, 1.54) is 6.92 Å². The Bertz CT molecular complexity index is 255. The van der Waals surface area contributed by atoms with Gasteiger partial charge >= 0.3 is 0 Å². The Balaban J connectivity index is 2.73. The molecule has 0 atom stereocenters. The Hall–Kier alpha value is -1.16. The van der Waals surface area contributed by atoms with Gasteiger partial charge in [-0.3, -0.25) is 4.79 Å². The topological polar surface area (TPSA) is 69.1 Å². The molecule has 0 amide bonds. The van der Waals surface area contributed by atoms with Gasteiger partial charge < -0.3 is 10.3 Å². The van der Waals surface area contributed by atoms with Crippen LogP contribution in [0.5, 0.6) is 0 Å². The summed E-state index contributed by atoms with van der Waals surface area (Å²) in [6, 6.07) is 1.62. The van der Waals surface area contributed by atoms with Crippen LogP contribution in [-0.2, 0) is 6.42 Å². The second kappa shape index (κ2) is 3.30. The van der Waals surface area contributed by atoms with Crippen LogP contribution >= 0.6 is 0 Å². The molecule has 11 heavy (non-hydrogen) atoms. The fraction of sp³-hybridized carbons (Fsp3) is 0.429. The SMILES string of the molecule is CC(=O)c1cc(CCN)no1. The standard InChI is InChI=1S/C7H10N2O2/c1-5(10)7-4-6(2-3-8)9-11-7/h4H,2-3,8H2,1H3. The minimum atomic E-state index is -0.110. The van der Waals surface area contributed by atoms with Gasteiger partial charge in [-0.1, -0.05) is 5.16 Å². The van der Waals surface area contributed by atoms with Gasteiger partial charge in [0.2, 0.25) is 5.76 Å². The van der Waals surface area contributed by atoms with Gasteiger partial charge in [0.1, 0.15) is 0 Å². The zero-order chi connectivity index (χ0) is 8.27. The second-order valence-electron chi connectivity index (χ2n) is 2.28. The predicted octanol–water partition coefficient (Wildman–Crippen LogP) is 0.378. The predicted molar refractivity (Wildman–Crippen MR) is 39.3 cm³/mol. The molecule has 0 radical (unpaired) electrons. The summed E-state index contributed by atoms with van der Waals surface area (Å²) in [7, 11) is 0. The highest BCUT2D eigenvalue weighted by molar-refractivity contribution is 5.91. The first-order valence-corrected chi connectivity index (χ1v) is 3.40. The summed E-state index contributed by atoms with van der Waals surface area (Å²) in [5.41, 5.74) is 6.01. The van der Waals surface area contributed by atoms with Crippen LogP contribution in [0.2, 0.25) is 0 Å². The van der Waals surface area contributed by atoms with Crippen LogP contribution in [0.15, 0.2) is 10.6 Å². The van der Waals surface area contributed by atoms with E-state index in [4.69, 9.17) is 10.3 Å². The summed E-state index contributed by atoms with van der Waals surface area (Å²) in [5, 5.41) is 3.65. The minimum Gasteiger partial charge on any atom is -0.353 e. The van der Waals surface area contributed by atoms with Gasteiger partial charge in [-0.25, -0.2) is 0 Å². The van der Waals surface area contributed by atoms with Gasteiger partial charge in [-0.15, -0.1) is 0 Å². The molecule has 0 bridgehead atoms. The average molecular weight is 154 g/mol. The maximum Gasteiger partial charge on any atom is 0.202 e. The van der Waals surface area contributed by atoms with Crippen LogP contribution in [0.4, 0.5) is 0 Å². The molecule has 60 valence electrons. The van der Waals surface area contributed by atoms with E-state index in [0.29, 0.717) is 18.7 Å². The summed E-state index contributed by atoms with van der Waals surface area (Å²) in [6.07, 6.45) is 0.650. The lowest BCUT2D eigenvalue weighted by molar-refractivity contribution is 0.0978. The van der Waals surface area contributed by atoms with Crippen LogP contribution in [0, 0.1) is 0 Å². The molecule has 1 heterocycles. The normalized spacial score (nSPS) is 10.0. The third-order valence-corrected chi connectivity index (χ3v) is 1.31. The van der Waals surface area contributed by atoms with E-state index in [1.807, 2.05) is 0 Å². The van der Waals surface area contributed by atoms with E-state index < -0.39 is 0 Å². The van der Waals surface area contributed by atoms with E-state index in [0.717, 1.165) is 5.69 Å². The Kier molecular flexibility index (Phi) is 2.38. The van der Waals surface area contributed by atoms with E-state index in [1.54, 1.807) is 6.07 Å². The summed E-state index contributed by atoms with van der Waals surface area (Å²) in [4.78, 5) is 10.7. The Labute approximate surface area is 64.4 Å². The van der Waals surface area contributed by atoms with Crippen LogP contribution in [0.25, 0.3) is 0 Å². The fourth-order valence-electron chi connectivity index (χ4n) is 0.743. The molecule has 0 aliphatic rings. The van der Waals surface area contributed by atoms with Crippen LogP contribution in [0.3, 0.4) is 0 Å². The molecule has 0 saturated heterocycles. The maximum atomic E-state index is 10.7. The molecule has 0 unspecified atom stereocenters. The number of hydrogen-bond donors (Lipinski definition) is 1. The molecule has 4 heteroatoms. The third kappa shape index (κ3) is 1.88. The average Bonchev–Trinajstić information content (AvgIpc) is 2.37. The summed E-state index contributed by atoms with van der Waals surface area (Å²) in [5.74, 6) is 0.189. The molecule has 1 aromatic rings. The summed E-state index contributed by atoms with van der Waals surface area (Å²) >= 11 is 0. The van der Waals surface area contributed by atoms with Crippen molar-refractivity contribution in [2.45, 2.75) is 13.3 Å². The molecule has 0 aromatic carbocycles. The first kappa shape index (κ1) is 7.94. The van der Waals surface area contributed by atoms with Crippen LogP contribution in [0.1, 0.15) is 23.2 Å². The molecule has 0 saturated carbocycles. The molecule has 2 N–H and O–H groups in total. The third-order valence-electron chi connectivity index (χ3n) is 1.31. The quantitative estimate of drug-likeness (QED) is 0.639. The summed E-state index contributed by atoms with van der Waals surface area (Å²) in [6.45, 7) is 1.95. The second-order valence-corrected chi connectivity index (χ2v) is 2.28. The number of ketones is 1. The molecule has 0 spiro atoms. The van der Waals surface area contributed by atoms with Crippen molar-refractivity contribution < 1.29 is 9.32 Å². The number of nitrogens with zero attached hydrogens (tertiary/aromatic N) is 1. The van der Waals surface area contributed by atoms with Crippen molar-refractivity contribution in [3.05, 3.63) is 17.5 Å². The monoisotopic (exact) mass is 154 g/mol. The number of rotatable bonds is 3. The molecule has 1 rings (SSSR count). The highest BCUT2D eigenvalue weighted by Gasteiger charge is 2.06. The molecule has 0 aliphatic heterocycles. The largest absolute Gasteiger partial charge is 0.353 e.